The largest absolute Gasteiger partial charge is 0.508 e. The fourth-order valence-corrected chi connectivity index (χ4v) is 4.46. The molecular weight excluding hydrogens is 506 g/mol. The van der Waals surface area contributed by atoms with E-state index in [1.54, 1.807) is 44.7 Å². The fourth-order valence-electron chi connectivity index (χ4n) is 4.46. The molecule has 2 unspecified atom stereocenters. The van der Waals surface area contributed by atoms with Crippen LogP contribution in [-0.2, 0) is 20.7 Å². The number of nitrogens with one attached hydrogen (secondary N) is 2. The smallest absolute Gasteiger partial charge is 0.408 e. The Morgan fingerprint density at radius 1 is 0.975 bits per heavy atom. The first kappa shape index (κ1) is 32.7. The molecule has 0 aliphatic carbocycles. The number of rotatable bonds is 11. The lowest BCUT2D eigenvalue weighted by atomic mass is 9.93. The van der Waals surface area contributed by atoms with Crippen molar-refractivity contribution in [2.45, 2.75) is 104 Å². The molecule has 8 nitrogen and oxygen atoms in total. The van der Waals surface area contributed by atoms with Gasteiger partial charge in [0.15, 0.2) is 0 Å². The van der Waals surface area contributed by atoms with Crippen LogP contribution < -0.4 is 10.6 Å². The van der Waals surface area contributed by atoms with Crippen LogP contribution in [-0.4, -0.2) is 51.6 Å². The molecule has 0 bridgehead atoms. The summed E-state index contributed by atoms with van der Waals surface area (Å²) in [7, 11) is 0. The van der Waals surface area contributed by atoms with Crippen molar-refractivity contribution in [1.29, 1.82) is 0 Å². The Labute approximate surface area is 239 Å². The molecule has 2 aromatic carbocycles. The van der Waals surface area contributed by atoms with Gasteiger partial charge in [-0.1, -0.05) is 56.2 Å². The van der Waals surface area contributed by atoms with Gasteiger partial charge in [0.2, 0.25) is 11.8 Å². The lowest BCUT2D eigenvalue weighted by Gasteiger charge is -2.43. The highest BCUT2D eigenvalue weighted by Crippen LogP contribution is 2.32. The first-order chi connectivity index (χ1) is 18.6. The van der Waals surface area contributed by atoms with E-state index in [2.05, 4.69) is 17.6 Å². The van der Waals surface area contributed by atoms with Crippen LogP contribution in [0.15, 0.2) is 48.5 Å². The highest BCUT2D eigenvalue weighted by atomic mass is 16.6. The van der Waals surface area contributed by atoms with E-state index in [0.29, 0.717) is 17.7 Å². The predicted octanol–water partition coefficient (Wildman–Crippen LogP) is 5.81. The van der Waals surface area contributed by atoms with E-state index in [9.17, 15) is 19.5 Å². The molecule has 0 saturated carbocycles. The molecule has 40 heavy (non-hydrogen) atoms. The summed E-state index contributed by atoms with van der Waals surface area (Å²) < 4.78 is 5.49. The van der Waals surface area contributed by atoms with Crippen molar-refractivity contribution in [1.82, 2.24) is 15.5 Å². The van der Waals surface area contributed by atoms with Gasteiger partial charge >= 0.3 is 6.09 Å². The van der Waals surface area contributed by atoms with E-state index < -0.39 is 35.2 Å². The molecule has 2 aromatic rings. The van der Waals surface area contributed by atoms with Gasteiger partial charge in [-0.2, -0.15) is 0 Å². The molecule has 0 heterocycles. The van der Waals surface area contributed by atoms with Crippen LogP contribution >= 0.6 is 0 Å². The summed E-state index contributed by atoms with van der Waals surface area (Å²) in [4.78, 5) is 42.7. The maximum absolute atomic E-state index is 14.5. The third-order valence-corrected chi connectivity index (χ3v) is 6.35. The monoisotopic (exact) mass is 553 g/mol. The van der Waals surface area contributed by atoms with Crippen LogP contribution in [0.1, 0.15) is 90.5 Å². The van der Waals surface area contributed by atoms with Gasteiger partial charge in [0.1, 0.15) is 23.4 Å². The first-order valence-corrected chi connectivity index (χ1v) is 14.1. The molecule has 2 atom stereocenters. The third-order valence-electron chi connectivity index (χ3n) is 6.35. The number of phenolic OH excluding ortho intramolecular Hbond substituents is 1. The zero-order chi connectivity index (χ0) is 30.1. The van der Waals surface area contributed by atoms with E-state index in [0.717, 1.165) is 24.8 Å². The molecule has 0 radical (unpaired) electrons. The molecule has 0 spiro atoms. The van der Waals surface area contributed by atoms with Crippen LogP contribution in [0, 0.1) is 6.92 Å². The summed E-state index contributed by atoms with van der Waals surface area (Å²) >= 11 is 0. The molecule has 0 aliphatic heterocycles. The average molecular weight is 554 g/mol. The molecule has 0 aliphatic rings. The average Bonchev–Trinajstić information content (AvgIpc) is 2.84. The maximum atomic E-state index is 14.5. The highest BCUT2D eigenvalue weighted by molar-refractivity contribution is 5.93. The van der Waals surface area contributed by atoms with Crippen molar-refractivity contribution in [3.8, 4) is 5.75 Å². The second-order valence-corrected chi connectivity index (χ2v) is 12.2. The number of aromatic hydroxyl groups is 1. The Morgan fingerprint density at radius 3 is 2.17 bits per heavy atom. The van der Waals surface area contributed by atoms with Gasteiger partial charge in [0.05, 0.1) is 0 Å². The number of phenols is 1. The molecule has 220 valence electrons. The maximum Gasteiger partial charge on any atom is 0.408 e. The molecule has 3 N–H and O–H groups in total. The number of ether oxygens (including phenoxy) is 1. The lowest BCUT2D eigenvalue weighted by molar-refractivity contribution is -0.148. The van der Waals surface area contributed by atoms with Gasteiger partial charge < -0.3 is 25.4 Å². The number of nitrogens with zero attached hydrogens (tertiary/aromatic N) is 1. The Morgan fingerprint density at radius 2 is 1.62 bits per heavy atom. The number of alkyl carbamates (subject to hydrolysis) is 1. The Balaban J connectivity index is 2.58. The second kappa shape index (κ2) is 14.2. The number of aryl methyl sites for hydroxylation is 1. The number of carbonyl (C=O) groups is 3. The summed E-state index contributed by atoms with van der Waals surface area (Å²) in [6.45, 7) is 15.2. The van der Waals surface area contributed by atoms with E-state index in [1.807, 2.05) is 51.1 Å². The SMILES string of the molecule is CCCCCNC(=O)C(c1ccc(O)c(C)c1)N(C(=O)C(Cc1ccccc1)NC(=O)OC(C)(C)C)C(C)(C)C. The van der Waals surface area contributed by atoms with Crippen molar-refractivity contribution in [3.63, 3.8) is 0 Å². The zero-order valence-corrected chi connectivity index (χ0v) is 25.3. The highest BCUT2D eigenvalue weighted by Gasteiger charge is 2.42. The number of unbranched alkanes of at least 4 members (excludes halogenated alkanes) is 2. The normalized spacial score (nSPS) is 13.2. The summed E-state index contributed by atoms with van der Waals surface area (Å²) in [6.07, 6.45) is 2.32. The standard InChI is InChI=1S/C32H47N3O5/c1-9-10-14-19-33-28(37)27(24-17-18-26(36)22(2)20-24)35(31(3,4)5)29(38)25(21-23-15-12-11-13-16-23)34-30(39)40-32(6,7)8/h11-13,15-18,20,25,27,36H,9-10,14,19,21H2,1-8H3,(H,33,37)(H,34,39). The van der Waals surface area contributed by atoms with Gasteiger partial charge in [-0.25, -0.2) is 4.79 Å². The quantitative estimate of drug-likeness (QED) is 0.304. The minimum absolute atomic E-state index is 0.105. The summed E-state index contributed by atoms with van der Waals surface area (Å²) in [5.41, 5.74) is 0.460. The van der Waals surface area contributed by atoms with Crippen LogP contribution in [0.3, 0.4) is 0 Å². The van der Waals surface area contributed by atoms with Gasteiger partial charge in [-0.3, -0.25) is 9.59 Å². The minimum atomic E-state index is -0.995. The summed E-state index contributed by atoms with van der Waals surface area (Å²) in [5, 5.41) is 16.0. The molecule has 3 amide bonds. The number of hydrogen-bond acceptors (Lipinski definition) is 5. The fraction of sp³-hybridized carbons (Fsp3) is 0.531. The number of carbonyl (C=O) groups excluding carboxylic acids is 3. The molecular formula is C32H47N3O5. The van der Waals surface area contributed by atoms with Gasteiger partial charge in [-0.15, -0.1) is 0 Å². The predicted molar refractivity (Wildman–Crippen MR) is 158 cm³/mol. The van der Waals surface area contributed by atoms with Crippen LogP contribution in [0.2, 0.25) is 0 Å². The van der Waals surface area contributed by atoms with Crippen molar-refractivity contribution in [2.75, 3.05) is 6.54 Å². The second-order valence-electron chi connectivity index (χ2n) is 12.2. The van der Waals surface area contributed by atoms with E-state index in [1.165, 1.54) is 6.07 Å². The Kier molecular flexibility index (Phi) is 11.6. The molecule has 0 aromatic heterocycles. The van der Waals surface area contributed by atoms with Crippen LogP contribution in [0.4, 0.5) is 4.79 Å². The minimum Gasteiger partial charge on any atom is -0.508 e. The van der Waals surface area contributed by atoms with Gasteiger partial charge in [0, 0.05) is 18.5 Å². The Bertz CT molecular complexity index is 1140. The van der Waals surface area contributed by atoms with E-state index >= 15 is 0 Å². The molecule has 0 fully saturated rings. The van der Waals surface area contributed by atoms with Crippen molar-refractivity contribution in [3.05, 3.63) is 65.2 Å². The first-order valence-electron chi connectivity index (χ1n) is 14.1. The summed E-state index contributed by atoms with van der Waals surface area (Å²) in [6, 6.07) is 12.3. The third kappa shape index (κ3) is 9.88. The van der Waals surface area contributed by atoms with Crippen molar-refractivity contribution < 1.29 is 24.2 Å². The zero-order valence-electron chi connectivity index (χ0n) is 25.3. The van der Waals surface area contributed by atoms with Crippen LogP contribution in [0.5, 0.6) is 5.75 Å². The summed E-state index contributed by atoms with van der Waals surface area (Å²) in [5.74, 6) is -0.630. The number of hydrogen-bond donors (Lipinski definition) is 3. The topological polar surface area (TPSA) is 108 Å². The molecule has 0 saturated heterocycles. The van der Waals surface area contributed by atoms with E-state index in [-0.39, 0.29) is 18.1 Å². The van der Waals surface area contributed by atoms with Crippen LogP contribution in [0.25, 0.3) is 0 Å². The van der Waals surface area contributed by atoms with Gasteiger partial charge in [0.25, 0.3) is 0 Å². The Hall–Kier alpha value is -3.55. The number of amides is 3. The van der Waals surface area contributed by atoms with E-state index in [4.69, 9.17) is 4.74 Å². The van der Waals surface area contributed by atoms with Gasteiger partial charge in [-0.05, 0) is 83.7 Å². The molecule has 8 heteroatoms. The van der Waals surface area contributed by atoms with Crippen molar-refractivity contribution >= 4 is 17.9 Å². The number of benzene rings is 2. The lowest BCUT2D eigenvalue weighted by Crippen LogP contribution is -2.59. The molecule has 2 rings (SSSR count). The van der Waals surface area contributed by atoms with Crippen molar-refractivity contribution in [2.24, 2.45) is 0 Å².